The lowest BCUT2D eigenvalue weighted by atomic mass is 9.84. The average Bonchev–Trinajstić information content (AvgIpc) is 2.92. The van der Waals surface area contributed by atoms with Gasteiger partial charge in [-0.3, -0.25) is 0 Å². The molecule has 0 aliphatic carbocycles. The maximum absolute atomic E-state index is 4.37. The normalized spacial score (nSPS) is 11.9. The van der Waals surface area contributed by atoms with Crippen LogP contribution in [0.5, 0.6) is 0 Å². The van der Waals surface area contributed by atoms with E-state index in [0.717, 1.165) is 13.1 Å². The van der Waals surface area contributed by atoms with E-state index in [1.165, 1.54) is 16.6 Å². The van der Waals surface area contributed by atoms with E-state index in [2.05, 4.69) is 66.7 Å². The summed E-state index contributed by atoms with van der Waals surface area (Å²) in [6.07, 6.45) is 3.92. The maximum Gasteiger partial charge on any atom is 0.0706 e. The molecule has 2 heterocycles. The smallest absolute Gasteiger partial charge is 0.0706 e. The Morgan fingerprint density at radius 1 is 1.05 bits per heavy atom. The van der Waals surface area contributed by atoms with Gasteiger partial charge in [-0.15, -0.1) is 0 Å². The summed E-state index contributed by atoms with van der Waals surface area (Å²) in [5.41, 5.74) is 3.88. The van der Waals surface area contributed by atoms with Crippen molar-refractivity contribution in [2.45, 2.75) is 25.8 Å². The van der Waals surface area contributed by atoms with Gasteiger partial charge in [0.05, 0.1) is 11.7 Å². The van der Waals surface area contributed by atoms with Crippen LogP contribution in [0.1, 0.15) is 25.0 Å². The van der Waals surface area contributed by atoms with Crippen LogP contribution in [0.3, 0.4) is 0 Å². The minimum atomic E-state index is 0.115. The molecule has 1 aromatic carbocycles. The molecule has 1 N–H and O–H groups in total. The van der Waals surface area contributed by atoms with Crippen LogP contribution in [-0.2, 0) is 12.0 Å². The Kier molecular flexibility index (Phi) is 3.76. The lowest BCUT2D eigenvalue weighted by Crippen LogP contribution is -2.32. The number of fused-ring (bicyclic) bond motifs is 1. The standard InChI is InChI=1S/C18H21N3/c1-18(2,16-8-4-3-5-9-16)14-19-12-15-13-20-21-11-7-6-10-17(15)21/h3-11,13,19H,12,14H2,1-2H3. The van der Waals surface area contributed by atoms with Crippen molar-refractivity contribution >= 4 is 5.52 Å². The van der Waals surface area contributed by atoms with E-state index in [1.807, 2.05) is 23.0 Å². The fourth-order valence-corrected chi connectivity index (χ4v) is 2.62. The minimum absolute atomic E-state index is 0.115. The highest BCUT2D eigenvalue weighted by Crippen LogP contribution is 2.22. The second kappa shape index (κ2) is 5.70. The molecular formula is C18H21N3. The number of aromatic nitrogens is 2. The van der Waals surface area contributed by atoms with Gasteiger partial charge in [0.2, 0.25) is 0 Å². The lowest BCUT2D eigenvalue weighted by molar-refractivity contribution is 0.469. The fourth-order valence-electron chi connectivity index (χ4n) is 2.62. The average molecular weight is 279 g/mol. The van der Waals surface area contributed by atoms with E-state index in [4.69, 9.17) is 0 Å². The zero-order valence-corrected chi connectivity index (χ0v) is 12.6. The maximum atomic E-state index is 4.37. The monoisotopic (exact) mass is 279 g/mol. The van der Waals surface area contributed by atoms with Gasteiger partial charge < -0.3 is 5.32 Å². The highest BCUT2D eigenvalue weighted by atomic mass is 15.2. The first-order chi connectivity index (χ1) is 10.2. The highest BCUT2D eigenvalue weighted by molar-refractivity contribution is 5.53. The molecule has 0 radical (unpaired) electrons. The minimum Gasteiger partial charge on any atom is -0.312 e. The molecule has 0 amide bonds. The Bertz CT molecular complexity index is 713. The van der Waals surface area contributed by atoms with Gasteiger partial charge in [0.1, 0.15) is 0 Å². The van der Waals surface area contributed by atoms with Gasteiger partial charge in [0, 0.05) is 30.3 Å². The van der Waals surface area contributed by atoms with Crippen LogP contribution in [0.15, 0.2) is 60.9 Å². The van der Waals surface area contributed by atoms with Crippen molar-refractivity contribution in [2.24, 2.45) is 0 Å². The van der Waals surface area contributed by atoms with E-state index >= 15 is 0 Å². The van der Waals surface area contributed by atoms with Crippen molar-refractivity contribution in [2.75, 3.05) is 6.54 Å². The van der Waals surface area contributed by atoms with E-state index in [-0.39, 0.29) is 5.41 Å². The van der Waals surface area contributed by atoms with Crippen molar-refractivity contribution < 1.29 is 0 Å². The molecular weight excluding hydrogens is 258 g/mol. The van der Waals surface area contributed by atoms with Crippen LogP contribution in [0.25, 0.3) is 5.52 Å². The first kappa shape index (κ1) is 13.8. The molecule has 3 rings (SSSR count). The first-order valence-electron chi connectivity index (χ1n) is 7.34. The summed E-state index contributed by atoms with van der Waals surface area (Å²) in [6.45, 7) is 6.31. The molecule has 0 aliphatic rings. The molecule has 3 nitrogen and oxygen atoms in total. The predicted molar refractivity (Wildman–Crippen MR) is 86.4 cm³/mol. The van der Waals surface area contributed by atoms with Crippen LogP contribution < -0.4 is 5.32 Å². The Morgan fingerprint density at radius 2 is 1.81 bits per heavy atom. The molecule has 0 fully saturated rings. The van der Waals surface area contributed by atoms with Crippen LogP contribution >= 0.6 is 0 Å². The van der Waals surface area contributed by atoms with Gasteiger partial charge in [0.15, 0.2) is 0 Å². The van der Waals surface area contributed by atoms with Crippen molar-refractivity contribution in [3.8, 4) is 0 Å². The zero-order valence-electron chi connectivity index (χ0n) is 12.6. The molecule has 0 unspecified atom stereocenters. The molecule has 3 heteroatoms. The number of pyridine rings is 1. The third kappa shape index (κ3) is 2.98. The second-order valence-electron chi connectivity index (χ2n) is 6.05. The summed E-state index contributed by atoms with van der Waals surface area (Å²) in [4.78, 5) is 0. The number of nitrogens with one attached hydrogen (secondary N) is 1. The lowest BCUT2D eigenvalue weighted by Gasteiger charge is -2.25. The van der Waals surface area contributed by atoms with Gasteiger partial charge in [0.25, 0.3) is 0 Å². The third-order valence-corrected chi connectivity index (χ3v) is 3.94. The van der Waals surface area contributed by atoms with Crippen molar-refractivity contribution in [1.82, 2.24) is 14.9 Å². The quantitative estimate of drug-likeness (QED) is 0.775. The van der Waals surface area contributed by atoms with Gasteiger partial charge in [-0.1, -0.05) is 50.2 Å². The highest BCUT2D eigenvalue weighted by Gasteiger charge is 2.19. The molecule has 0 spiro atoms. The van der Waals surface area contributed by atoms with Gasteiger partial charge in [-0.05, 0) is 17.7 Å². The molecule has 2 aromatic heterocycles. The third-order valence-electron chi connectivity index (χ3n) is 3.94. The predicted octanol–water partition coefficient (Wildman–Crippen LogP) is 3.40. The van der Waals surface area contributed by atoms with E-state index in [0.29, 0.717) is 0 Å². The fraction of sp³-hybridized carbons (Fsp3) is 0.278. The number of hydrogen-bond acceptors (Lipinski definition) is 2. The summed E-state index contributed by atoms with van der Waals surface area (Å²) in [5.74, 6) is 0. The number of hydrogen-bond donors (Lipinski definition) is 1. The van der Waals surface area contributed by atoms with Gasteiger partial charge in [-0.25, -0.2) is 4.52 Å². The Morgan fingerprint density at radius 3 is 2.62 bits per heavy atom. The van der Waals surface area contributed by atoms with Gasteiger partial charge in [-0.2, -0.15) is 5.10 Å². The van der Waals surface area contributed by atoms with Crippen LogP contribution in [0.4, 0.5) is 0 Å². The molecule has 108 valence electrons. The van der Waals surface area contributed by atoms with Crippen molar-refractivity contribution in [3.05, 3.63) is 72.1 Å². The number of nitrogens with zero attached hydrogens (tertiary/aromatic N) is 2. The second-order valence-corrected chi connectivity index (χ2v) is 6.05. The van der Waals surface area contributed by atoms with Crippen LogP contribution in [0.2, 0.25) is 0 Å². The number of rotatable bonds is 5. The molecule has 0 saturated heterocycles. The first-order valence-corrected chi connectivity index (χ1v) is 7.34. The topological polar surface area (TPSA) is 29.3 Å². The SMILES string of the molecule is CC(C)(CNCc1cnn2ccccc12)c1ccccc1. The molecule has 0 aliphatic heterocycles. The molecule has 0 bridgehead atoms. The van der Waals surface area contributed by atoms with Crippen molar-refractivity contribution in [1.29, 1.82) is 0 Å². The zero-order chi connectivity index (χ0) is 14.7. The summed E-state index contributed by atoms with van der Waals surface area (Å²) in [7, 11) is 0. The van der Waals surface area contributed by atoms with Crippen LogP contribution in [-0.4, -0.2) is 16.2 Å². The van der Waals surface area contributed by atoms with E-state index in [9.17, 15) is 0 Å². The van der Waals surface area contributed by atoms with E-state index in [1.54, 1.807) is 0 Å². The summed E-state index contributed by atoms with van der Waals surface area (Å²) in [6, 6.07) is 16.8. The summed E-state index contributed by atoms with van der Waals surface area (Å²) in [5, 5.41) is 7.93. The molecule has 0 saturated carbocycles. The molecule has 0 atom stereocenters. The Balaban J connectivity index is 1.66. The largest absolute Gasteiger partial charge is 0.312 e. The van der Waals surface area contributed by atoms with Crippen LogP contribution in [0, 0.1) is 0 Å². The summed E-state index contributed by atoms with van der Waals surface area (Å²) >= 11 is 0. The Hall–Kier alpha value is -2.13. The van der Waals surface area contributed by atoms with E-state index < -0.39 is 0 Å². The van der Waals surface area contributed by atoms with Crippen molar-refractivity contribution in [3.63, 3.8) is 0 Å². The number of benzene rings is 1. The summed E-state index contributed by atoms with van der Waals surface area (Å²) < 4.78 is 1.92. The van der Waals surface area contributed by atoms with Gasteiger partial charge >= 0.3 is 0 Å². The molecule has 3 aromatic rings. The molecule has 21 heavy (non-hydrogen) atoms. The Labute approximate surface area is 125 Å².